The van der Waals surface area contributed by atoms with Crippen molar-refractivity contribution in [1.82, 2.24) is 0 Å². The topological polar surface area (TPSA) is 0 Å². The molecule has 4 rings (SSSR count). The molecule has 29 heavy (non-hydrogen) atoms. The van der Waals surface area contributed by atoms with Gasteiger partial charge in [0.2, 0.25) is 0 Å². The van der Waals surface area contributed by atoms with Crippen molar-refractivity contribution in [3.63, 3.8) is 0 Å². The maximum atomic E-state index is 14.8. The van der Waals surface area contributed by atoms with Gasteiger partial charge in [0.25, 0.3) is 0 Å². The second kappa shape index (κ2) is 8.06. The highest BCUT2D eigenvalue weighted by Gasteiger charge is 2.20. The molecule has 0 unspecified atom stereocenters. The molecule has 0 heterocycles. The first kappa shape index (κ1) is 19.8. The molecule has 3 heteroatoms. The van der Waals surface area contributed by atoms with E-state index in [9.17, 15) is 13.2 Å². The van der Waals surface area contributed by atoms with E-state index in [1.54, 1.807) is 25.1 Å². The van der Waals surface area contributed by atoms with Gasteiger partial charge in [-0.25, -0.2) is 13.2 Å². The lowest BCUT2D eigenvalue weighted by Crippen LogP contribution is -2.10. The third-order valence-corrected chi connectivity index (χ3v) is 6.27. The van der Waals surface area contributed by atoms with Gasteiger partial charge in [0.05, 0.1) is 0 Å². The summed E-state index contributed by atoms with van der Waals surface area (Å²) in [5.74, 6) is -0.929. The molecule has 0 amide bonds. The van der Waals surface area contributed by atoms with Crippen LogP contribution in [0.15, 0.2) is 54.6 Å². The first-order chi connectivity index (χ1) is 13.9. The Hall–Kier alpha value is -2.55. The second-order valence-electron chi connectivity index (χ2n) is 8.33. The van der Waals surface area contributed by atoms with Crippen molar-refractivity contribution in [2.75, 3.05) is 0 Å². The van der Waals surface area contributed by atoms with Gasteiger partial charge in [0.15, 0.2) is 11.6 Å². The number of hydrogen-bond acceptors (Lipinski definition) is 0. The van der Waals surface area contributed by atoms with E-state index >= 15 is 0 Å². The Kier molecular flexibility index (Phi) is 5.49. The molecule has 1 aliphatic carbocycles. The van der Waals surface area contributed by atoms with E-state index < -0.39 is 17.5 Å². The summed E-state index contributed by atoms with van der Waals surface area (Å²) in [4.78, 5) is 0. The average molecular weight is 394 g/mol. The summed E-state index contributed by atoms with van der Waals surface area (Å²) in [6.45, 7) is 3.93. The summed E-state index contributed by atoms with van der Waals surface area (Å²) in [5, 5.41) is 0. The number of aryl methyl sites for hydroxylation is 1. The zero-order valence-electron chi connectivity index (χ0n) is 16.8. The smallest absolute Gasteiger partial charge is 0.167 e. The molecular formula is C26H25F3. The van der Waals surface area contributed by atoms with Crippen LogP contribution in [0, 0.1) is 30.3 Å². The fourth-order valence-electron chi connectivity index (χ4n) is 4.28. The quantitative estimate of drug-likeness (QED) is 0.422. The van der Waals surface area contributed by atoms with E-state index in [0.717, 1.165) is 5.92 Å². The van der Waals surface area contributed by atoms with Crippen molar-refractivity contribution in [2.24, 2.45) is 5.92 Å². The van der Waals surface area contributed by atoms with Gasteiger partial charge in [0.1, 0.15) is 5.82 Å². The highest BCUT2D eigenvalue weighted by Crippen LogP contribution is 2.37. The molecule has 0 nitrogen and oxygen atoms in total. The van der Waals surface area contributed by atoms with Gasteiger partial charge in [-0.1, -0.05) is 68.3 Å². The zero-order chi connectivity index (χ0) is 20.5. The normalized spacial score (nSPS) is 19.3. The van der Waals surface area contributed by atoms with Crippen molar-refractivity contribution >= 4 is 0 Å². The number of benzene rings is 3. The van der Waals surface area contributed by atoms with Crippen LogP contribution >= 0.6 is 0 Å². The van der Waals surface area contributed by atoms with Crippen molar-refractivity contribution in [3.05, 3.63) is 83.2 Å². The van der Waals surface area contributed by atoms with Gasteiger partial charge < -0.3 is 0 Å². The maximum Gasteiger partial charge on any atom is 0.167 e. The highest BCUT2D eigenvalue weighted by atomic mass is 19.2. The molecule has 0 radical (unpaired) electrons. The number of hydrogen-bond donors (Lipinski definition) is 0. The summed E-state index contributed by atoms with van der Waals surface area (Å²) in [6, 6.07) is 15.3. The molecule has 3 aromatic rings. The Balaban J connectivity index is 1.62. The van der Waals surface area contributed by atoms with Crippen LogP contribution in [0.25, 0.3) is 22.3 Å². The van der Waals surface area contributed by atoms with Gasteiger partial charge in [-0.2, -0.15) is 0 Å². The monoisotopic (exact) mass is 394 g/mol. The fourth-order valence-corrected chi connectivity index (χ4v) is 4.28. The molecule has 0 saturated heterocycles. The van der Waals surface area contributed by atoms with Crippen LogP contribution in [0.3, 0.4) is 0 Å². The van der Waals surface area contributed by atoms with Crippen LogP contribution in [-0.2, 0) is 0 Å². The van der Waals surface area contributed by atoms with Crippen LogP contribution < -0.4 is 0 Å². The largest absolute Gasteiger partial charge is 0.207 e. The molecular weight excluding hydrogens is 369 g/mol. The summed E-state index contributed by atoms with van der Waals surface area (Å²) in [5.41, 5.74) is 3.02. The van der Waals surface area contributed by atoms with Gasteiger partial charge >= 0.3 is 0 Å². The molecule has 1 fully saturated rings. The Bertz CT molecular complexity index is 1010. The minimum Gasteiger partial charge on any atom is -0.207 e. The minimum atomic E-state index is -0.948. The van der Waals surface area contributed by atoms with E-state index in [0.29, 0.717) is 22.6 Å². The van der Waals surface area contributed by atoms with Crippen LogP contribution in [0.5, 0.6) is 0 Å². The summed E-state index contributed by atoms with van der Waals surface area (Å²) in [6.07, 6.45) is 4.86. The third-order valence-electron chi connectivity index (χ3n) is 6.27. The van der Waals surface area contributed by atoms with Crippen molar-refractivity contribution in [2.45, 2.75) is 45.4 Å². The summed E-state index contributed by atoms with van der Waals surface area (Å²) in [7, 11) is 0. The molecule has 1 saturated carbocycles. The lowest BCUT2D eigenvalue weighted by Gasteiger charge is -2.26. The predicted molar refractivity (Wildman–Crippen MR) is 112 cm³/mol. The molecule has 0 aromatic heterocycles. The third kappa shape index (κ3) is 3.96. The molecule has 0 spiro atoms. The van der Waals surface area contributed by atoms with E-state index in [1.165, 1.54) is 43.4 Å². The van der Waals surface area contributed by atoms with E-state index in [1.807, 2.05) is 24.3 Å². The molecule has 3 aromatic carbocycles. The Morgan fingerprint density at radius 3 is 1.83 bits per heavy atom. The number of halogens is 3. The summed E-state index contributed by atoms with van der Waals surface area (Å²) >= 11 is 0. The molecule has 0 atom stereocenters. The SMILES string of the molecule is Cc1ccc(-c2ccc(-c3ccc(C4CCC(C)CC4)cc3)c(F)c2F)cc1F. The van der Waals surface area contributed by atoms with Crippen molar-refractivity contribution in [3.8, 4) is 22.3 Å². The molecule has 0 N–H and O–H groups in total. The van der Waals surface area contributed by atoms with Crippen LogP contribution in [-0.4, -0.2) is 0 Å². The first-order valence-corrected chi connectivity index (χ1v) is 10.3. The summed E-state index contributed by atoms with van der Waals surface area (Å²) < 4.78 is 43.5. The highest BCUT2D eigenvalue weighted by molar-refractivity contribution is 5.72. The number of rotatable bonds is 3. The molecule has 150 valence electrons. The Morgan fingerprint density at radius 1 is 0.690 bits per heavy atom. The van der Waals surface area contributed by atoms with Crippen LogP contribution in [0.2, 0.25) is 0 Å². The molecule has 0 bridgehead atoms. The van der Waals surface area contributed by atoms with Gasteiger partial charge in [-0.15, -0.1) is 0 Å². The predicted octanol–water partition coefficient (Wildman–Crippen LogP) is 8.04. The van der Waals surface area contributed by atoms with E-state index in [-0.39, 0.29) is 11.1 Å². The lowest BCUT2D eigenvalue weighted by molar-refractivity contribution is 0.348. The van der Waals surface area contributed by atoms with Gasteiger partial charge in [-0.05, 0) is 59.9 Å². The van der Waals surface area contributed by atoms with E-state index in [2.05, 4.69) is 6.92 Å². The van der Waals surface area contributed by atoms with Gasteiger partial charge in [0, 0.05) is 11.1 Å². The van der Waals surface area contributed by atoms with E-state index in [4.69, 9.17) is 0 Å². The minimum absolute atomic E-state index is 0.0677. The van der Waals surface area contributed by atoms with Crippen LogP contribution in [0.1, 0.15) is 49.7 Å². The molecule has 1 aliphatic rings. The van der Waals surface area contributed by atoms with Crippen molar-refractivity contribution < 1.29 is 13.2 Å². The first-order valence-electron chi connectivity index (χ1n) is 10.3. The van der Waals surface area contributed by atoms with Crippen molar-refractivity contribution in [1.29, 1.82) is 0 Å². The standard InChI is InChI=1S/C26H25F3/c1-16-3-6-18(7-4-16)19-9-11-20(12-10-19)22-13-14-23(26(29)25(22)28)21-8-5-17(2)24(27)15-21/h5,8-16,18H,3-4,6-7H2,1-2H3. The maximum absolute atomic E-state index is 14.8. The lowest BCUT2D eigenvalue weighted by atomic mass is 9.79. The second-order valence-corrected chi connectivity index (χ2v) is 8.33. The zero-order valence-corrected chi connectivity index (χ0v) is 16.8. The van der Waals surface area contributed by atoms with Crippen LogP contribution in [0.4, 0.5) is 13.2 Å². The average Bonchev–Trinajstić information content (AvgIpc) is 2.73. The molecule has 0 aliphatic heterocycles. The Morgan fingerprint density at radius 2 is 1.24 bits per heavy atom. The Labute approximate surface area is 170 Å². The fraction of sp³-hybridized carbons (Fsp3) is 0.308. The van der Waals surface area contributed by atoms with Gasteiger partial charge in [-0.3, -0.25) is 0 Å².